The maximum absolute atomic E-state index is 13.5. The molecule has 8 nitrogen and oxygen atoms in total. The molecule has 35 heavy (non-hydrogen) atoms. The van der Waals surface area contributed by atoms with Crippen LogP contribution in [0.1, 0.15) is 70.2 Å². The third-order valence-corrected chi connectivity index (χ3v) is 9.91. The second-order valence-electron chi connectivity index (χ2n) is 11.3. The van der Waals surface area contributed by atoms with Gasteiger partial charge >= 0.3 is 5.97 Å². The van der Waals surface area contributed by atoms with E-state index in [1.165, 1.54) is 18.3 Å². The fourth-order valence-electron chi connectivity index (χ4n) is 7.50. The number of esters is 1. The lowest BCUT2D eigenvalue weighted by Crippen LogP contribution is -2.63. The van der Waals surface area contributed by atoms with Gasteiger partial charge in [-0.25, -0.2) is 9.47 Å². The monoisotopic (exact) mass is 484 g/mol. The summed E-state index contributed by atoms with van der Waals surface area (Å²) in [5, 5.41) is 11.6. The standard InChI is InChI=1S/C27H36N2O6/c1-6-25(4)14-20(35-24(34)18-8-7-13-29(23(18)33)28-15-30)26(5)16(2)9-11-27(17(3)22(25)32)12-10-19(31)21(26)27/h6-8,13,15-17,20-22,32H,1,9-12,14H2,2-5H3,(H,28,30)/t16?,17-,20+,21?,22-,25+,26-,27-/m0/s1. The van der Waals surface area contributed by atoms with Gasteiger partial charge in [0.15, 0.2) is 0 Å². The molecular weight excluding hydrogens is 448 g/mol. The normalized spacial score (nSPS) is 40.7. The van der Waals surface area contributed by atoms with Gasteiger partial charge in [0.25, 0.3) is 5.56 Å². The molecule has 0 spiro atoms. The summed E-state index contributed by atoms with van der Waals surface area (Å²) in [5.74, 6) is -1.03. The van der Waals surface area contributed by atoms with E-state index in [4.69, 9.17) is 4.74 Å². The van der Waals surface area contributed by atoms with Crippen LogP contribution in [0.2, 0.25) is 0 Å². The first kappa shape index (κ1) is 25.4. The van der Waals surface area contributed by atoms with Crippen molar-refractivity contribution in [1.29, 1.82) is 0 Å². The second kappa shape index (κ2) is 8.73. The minimum absolute atomic E-state index is 0.0844. The number of hydrogen-bond donors (Lipinski definition) is 2. The number of amides is 1. The third-order valence-electron chi connectivity index (χ3n) is 9.91. The van der Waals surface area contributed by atoms with Crippen LogP contribution in [0.25, 0.3) is 0 Å². The van der Waals surface area contributed by atoms with Crippen LogP contribution >= 0.6 is 0 Å². The third kappa shape index (κ3) is 3.60. The number of aliphatic hydroxyl groups excluding tert-OH is 1. The smallest absolute Gasteiger partial charge is 0.344 e. The van der Waals surface area contributed by atoms with Gasteiger partial charge in [-0.1, -0.05) is 33.8 Å². The van der Waals surface area contributed by atoms with Crippen molar-refractivity contribution in [3.63, 3.8) is 0 Å². The average molecular weight is 485 g/mol. The molecule has 2 bridgehead atoms. The van der Waals surface area contributed by atoms with Gasteiger partial charge in [0.2, 0.25) is 6.41 Å². The number of carbonyl (C=O) groups excluding carboxylic acids is 3. The maximum Gasteiger partial charge on any atom is 0.344 e. The van der Waals surface area contributed by atoms with Crippen LogP contribution in [0.5, 0.6) is 0 Å². The molecule has 8 heteroatoms. The first-order valence-corrected chi connectivity index (χ1v) is 12.4. The summed E-state index contributed by atoms with van der Waals surface area (Å²) in [5.41, 5.74) is -0.491. The number of nitrogens with zero attached hydrogens (tertiary/aromatic N) is 1. The van der Waals surface area contributed by atoms with E-state index in [2.05, 4.69) is 18.9 Å². The van der Waals surface area contributed by atoms with E-state index in [0.29, 0.717) is 19.3 Å². The molecule has 2 N–H and O–H groups in total. The number of ether oxygens (including phenoxy) is 1. The number of hydrogen-bond acceptors (Lipinski definition) is 6. The Morgan fingerprint density at radius 1 is 1.29 bits per heavy atom. The van der Waals surface area contributed by atoms with Crippen LogP contribution in [0.15, 0.2) is 35.8 Å². The summed E-state index contributed by atoms with van der Waals surface area (Å²) in [4.78, 5) is 50.4. The number of ketones is 1. The highest BCUT2D eigenvalue weighted by Gasteiger charge is 2.68. The van der Waals surface area contributed by atoms with Crippen LogP contribution in [-0.2, 0) is 14.3 Å². The summed E-state index contributed by atoms with van der Waals surface area (Å²) >= 11 is 0. The lowest BCUT2D eigenvalue weighted by atomic mass is 9.44. The van der Waals surface area contributed by atoms with Crippen molar-refractivity contribution in [2.75, 3.05) is 5.43 Å². The van der Waals surface area contributed by atoms with E-state index in [1.807, 2.05) is 20.8 Å². The van der Waals surface area contributed by atoms with Gasteiger partial charge < -0.3 is 9.84 Å². The summed E-state index contributed by atoms with van der Waals surface area (Å²) in [6.45, 7) is 12.1. The zero-order chi connectivity index (χ0) is 25.8. The van der Waals surface area contributed by atoms with Gasteiger partial charge in [0.05, 0.1) is 6.10 Å². The molecule has 1 heterocycles. The number of aliphatic hydroxyl groups is 1. The molecular formula is C27H36N2O6. The minimum atomic E-state index is -0.813. The van der Waals surface area contributed by atoms with Crippen molar-refractivity contribution >= 4 is 18.2 Å². The number of nitrogens with one attached hydrogen (secondary N) is 1. The zero-order valence-electron chi connectivity index (χ0n) is 21.0. The number of aromatic nitrogens is 1. The number of pyridine rings is 1. The molecule has 3 aliphatic rings. The van der Waals surface area contributed by atoms with E-state index >= 15 is 0 Å². The predicted octanol–water partition coefficient (Wildman–Crippen LogP) is 3.07. The predicted molar refractivity (Wildman–Crippen MR) is 130 cm³/mol. The van der Waals surface area contributed by atoms with Gasteiger partial charge in [-0.15, -0.1) is 6.58 Å². The molecule has 0 radical (unpaired) electrons. The molecule has 3 saturated carbocycles. The van der Waals surface area contributed by atoms with Gasteiger partial charge in [0.1, 0.15) is 17.5 Å². The molecule has 0 aliphatic heterocycles. The zero-order valence-corrected chi connectivity index (χ0v) is 21.0. The van der Waals surface area contributed by atoms with Gasteiger partial charge in [-0.2, -0.15) is 0 Å². The summed E-state index contributed by atoms with van der Waals surface area (Å²) < 4.78 is 7.05. The Labute approximate surface area is 205 Å². The van der Waals surface area contributed by atoms with Gasteiger partial charge in [-0.05, 0) is 55.1 Å². The molecule has 0 saturated heterocycles. The van der Waals surface area contributed by atoms with Crippen molar-refractivity contribution < 1.29 is 24.2 Å². The topological polar surface area (TPSA) is 115 Å². The molecule has 3 fully saturated rings. The average Bonchev–Trinajstić information content (AvgIpc) is 3.19. The molecule has 1 aromatic heterocycles. The van der Waals surface area contributed by atoms with Gasteiger partial charge in [0, 0.05) is 29.4 Å². The molecule has 190 valence electrons. The van der Waals surface area contributed by atoms with Crippen molar-refractivity contribution in [1.82, 2.24) is 4.68 Å². The Hall–Kier alpha value is -2.74. The SMILES string of the molecule is C=C[C@]1(C)C[C@@H](OC(=O)c2cccn(NC=O)c2=O)[C@]2(C)C(C)CC[C@]3(CCC(=O)C32)[C@@H](C)[C@@H]1O. The molecule has 1 aromatic rings. The quantitative estimate of drug-likeness (QED) is 0.377. The highest BCUT2D eigenvalue weighted by molar-refractivity contribution is 5.89. The van der Waals surface area contributed by atoms with Crippen molar-refractivity contribution in [2.24, 2.45) is 34.0 Å². The minimum Gasteiger partial charge on any atom is -0.458 e. The van der Waals surface area contributed by atoms with E-state index in [9.17, 15) is 24.3 Å². The first-order valence-electron chi connectivity index (χ1n) is 12.4. The van der Waals surface area contributed by atoms with Crippen LogP contribution in [0.3, 0.4) is 0 Å². The van der Waals surface area contributed by atoms with Crippen LogP contribution in [0, 0.1) is 34.0 Å². The lowest BCUT2D eigenvalue weighted by Gasteiger charge is -2.61. The Morgan fingerprint density at radius 2 is 2.00 bits per heavy atom. The fraction of sp³-hybridized carbons (Fsp3) is 0.630. The maximum atomic E-state index is 13.5. The highest BCUT2D eigenvalue weighted by Crippen LogP contribution is 2.68. The van der Waals surface area contributed by atoms with Gasteiger partial charge in [-0.3, -0.25) is 19.8 Å². The largest absolute Gasteiger partial charge is 0.458 e. The van der Waals surface area contributed by atoms with Crippen molar-refractivity contribution in [2.45, 2.75) is 72.0 Å². The number of rotatable bonds is 5. The van der Waals surface area contributed by atoms with E-state index in [1.54, 1.807) is 6.08 Å². The van der Waals surface area contributed by atoms with Crippen molar-refractivity contribution in [3.8, 4) is 0 Å². The Morgan fingerprint density at radius 3 is 2.66 bits per heavy atom. The fourth-order valence-corrected chi connectivity index (χ4v) is 7.50. The Balaban J connectivity index is 1.83. The molecule has 4 rings (SSSR count). The summed E-state index contributed by atoms with van der Waals surface area (Å²) in [6.07, 6.45) is 5.07. The molecule has 0 aromatic carbocycles. The number of Topliss-reactive ketones (excluding diaryl/α,β-unsaturated/α-hetero) is 1. The molecule has 1 amide bonds. The summed E-state index contributed by atoms with van der Waals surface area (Å²) in [7, 11) is 0. The van der Waals surface area contributed by atoms with Crippen LogP contribution in [-0.4, -0.2) is 40.2 Å². The second-order valence-corrected chi connectivity index (χ2v) is 11.3. The highest BCUT2D eigenvalue weighted by atomic mass is 16.5. The van der Waals surface area contributed by atoms with Crippen LogP contribution < -0.4 is 11.0 Å². The summed E-state index contributed by atoms with van der Waals surface area (Å²) in [6, 6.07) is 2.83. The molecule has 8 atom stereocenters. The Bertz CT molecular complexity index is 1110. The van der Waals surface area contributed by atoms with E-state index in [0.717, 1.165) is 17.5 Å². The molecule has 2 unspecified atom stereocenters. The van der Waals surface area contributed by atoms with Crippen LogP contribution in [0.4, 0.5) is 0 Å². The molecule has 3 aliphatic carbocycles. The first-order chi connectivity index (χ1) is 16.5. The van der Waals surface area contributed by atoms with E-state index in [-0.39, 0.29) is 40.9 Å². The number of carbonyl (C=O) groups is 3. The van der Waals surface area contributed by atoms with Crippen molar-refractivity contribution in [3.05, 3.63) is 46.9 Å². The lowest BCUT2D eigenvalue weighted by molar-refractivity contribution is -0.192. The Kier molecular flexibility index (Phi) is 6.32. The van der Waals surface area contributed by atoms with E-state index < -0.39 is 34.6 Å².